The second kappa shape index (κ2) is 6.03. The summed E-state index contributed by atoms with van der Waals surface area (Å²) in [5.41, 5.74) is 7.09. The van der Waals surface area contributed by atoms with E-state index in [-0.39, 0.29) is 29.8 Å². The zero-order valence-corrected chi connectivity index (χ0v) is 11.5. The molecule has 3 nitrogen and oxygen atoms in total. The van der Waals surface area contributed by atoms with E-state index in [9.17, 15) is 4.79 Å². The first-order valence-electron chi connectivity index (χ1n) is 5.34. The Hall–Kier alpha value is -1.06. The van der Waals surface area contributed by atoms with Gasteiger partial charge in [-0.05, 0) is 23.1 Å². The highest BCUT2D eigenvalue weighted by Crippen LogP contribution is 2.31. The molecule has 0 saturated carbocycles. The van der Waals surface area contributed by atoms with E-state index in [1.54, 1.807) is 6.07 Å². The van der Waals surface area contributed by atoms with Crippen molar-refractivity contribution in [2.45, 2.75) is 33.7 Å². The number of hydrogen-bond acceptors (Lipinski definition) is 3. The summed E-state index contributed by atoms with van der Waals surface area (Å²) in [7, 11) is 0. The predicted octanol–water partition coefficient (Wildman–Crippen LogP) is 3.08. The Morgan fingerprint density at radius 1 is 1.35 bits per heavy atom. The minimum atomic E-state index is -0.318. The zero-order valence-electron chi connectivity index (χ0n) is 10.7. The Kier molecular flexibility index (Phi) is 5.66. The third-order valence-electron chi connectivity index (χ3n) is 2.41. The van der Waals surface area contributed by atoms with E-state index >= 15 is 0 Å². The van der Waals surface area contributed by atoms with Crippen LogP contribution in [0.3, 0.4) is 0 Å². The van der Waals surface area contributed by atoms with E-state index in [0.717, 1.165) is 5.56 Å². The molecule has 1 atom stereocenters. The van der Waals surface area contributed by atoms with Crippen molar-refractivity contribution in [3.8, 4) is 5.75 Å². The number of benzene rings is 1. The van der Waals surface area contributed by atoms with Gasteiger partial charge in [0.25, 0.3) is 0 Å². The number of esters is 1. The highest BCUT2D eigenvalue weighted by atomic mass is 35.5. The Labute approximate surface area is 109 Å². The Balaban J connectivity index is 0.00000256. The average molecular weight is 258 g/mol. The summed E-state index contributed by atoms with van der Waals surface area (Å²) in [6.45, 7) is 7.62. The smallest absolute Gasteiger partial charge is 0.308 e. The summed E-state index contributed by atoms with van der Waals surface area (Å²) in [4.78, 5) is 10.8. The quantitative estimate of drug-likeness (QED) is 0.654. The third kappa shape index (κ3) is 4.75. The van der Waals surface area contributed by atoms with Crippen LogP contribution in [0.5, 0.6) is 5.75 Å². The molecule has 0 aromatic heterocycles. The lowest BCUT2D eigenvalue weighted by atomic mass is 9.83. The Morgan fingerprint density at radius 3 is 2.41 bits per heavy atom. The van der Waals surface area contributed by atoms with Gasteiger partial charge in [0.05, 0.1) is 0 Å². The van der Waals surface area contributed by atoms with E-state index in [4.69, 9.17) is 10.5 Å². The van der Waals surface area contributed by atoms with Crippen LogP contribution in [0, 0.1) is 5.41 Å². The molecule has 0 aliphatic heterocycles. The zero-order chi connectivity index (χ0) is 12.3. The van der Waals surface area contributed by atoms with Crippen LogP contribution < -0.4 is 10.5 Å². The lowest BCUT2D eigenvalue weighted by molar-refractivity contribution is -0.131. The molecule has 0 bridgehead atoms. The minimum absolute atomic E-state index is 0. The SMILES string of the molecule is CC(=O)Oc1cccc([C@H](N)C(C)(C)C)c1.Cl. The number of hydrogen-bond donors (Lipinski definition) is 1. The molecule has 0 amide bonds. The summed E-state index contributed by atoms with van der Waals surface area (Å²) in [6.07, 6.45) is 0. The molecule has 2 N–H and O–H groups in total. The monoisotopic (exact) mass is 257 g/mol. The maximum Gasteiger partial charge on any atom is 0.308 e. The molecule has 0 unspecified atom stereocenters. The van der Waals surface area contributed by atoms with Crippen LogP contribution in [-0.4, -0.2) is 5.97 Å². The molecule has 1 aromatic carbocycles. The van der Waals surface area contributed by atoms with Gasteiger partial charge in [-0.25, -0.2) is 0 Å². The van der Waals surface area contributed by atoms with Gasteiger partial charge in [-0.1, -0.05) is 32.9 Å². The van der Waals surface area contributed by atoms with Crippen molar-refractivity contribution >= 4 is 18.4 Å². The predicted molar refractivity (Wildman–Crippen MR) is 71.4 cm³/mol. The molecule has 96 valence electrons. The Bertz CT molecular complexity index is 385. The molecule has 17 heavy (non-hydrogen) atoms. The van der Waals surface area contributed by atoms with Crippen molar-refractivity contribution in [3.63, 3.8) is 0 Å². The number of ether oxygens (including phenoxy) is 1. The topological polar surface area (TPSA) is 52.3 Å². The third-order valence-corrected chi connectivity index (χ3v) is 2.41. The molecule has 0 saturated heterocycles. The highest BCUT2D eigenvalue weighted by Gasteiger charge is 2.22. The van der Waals surface area contributed by atoms with Crippen LogP contribution >= 0.6 is 12.4 Å². The van der Waals surface area contributed by atoms with Gasteiger partial charge in [0.1, 0.15) is 5.75 Å². The second-order valence-corrected chi connectivity index (χ2v) is 5.01. The number of carbonyl (C=O) groups excluding carboxylic acids is 1. The summed E-state index contributed by atoms with van der Waals surface area (Å²) < 4.78 is 5.02. The van der Waals surface area contributed by atoms with Gasteiger partial charge in [0.2, 0.25) is 0 Å². The fourth-order valence-corrected chi connectivity index (χ4v) is 1.44. The maximum atomic E-state index is 10.8. The van der Waals surface area contributed by atoms with Crippen LogP contribution in [0.2, 0.25) is 0 Å². The lowest BCUT2D eigenvalue weighted by Gasteiger charge is -2.27. The molecule has 0 aliphatic rings. The molecule has 1 rings (SSSR count). The van der Waals surface area contributed by atoms with Gasteiger partial charge in [-0.3, -0.25) is 4.79 Å². The van der Waals surface area contributed by atoms with Gasteiger partial charge in [0.15, 0.2) is 0 Å². The first kappa shape index (κ1) is 15.9. The van der Waals surface area contributed by atoms with Gasteiger partial charge < -0.3 is 10.5 Å². The standard InChI is InChI=1S/C13H19NO2.ClH/c1-9(15)16-11-7-5-6-10(8-11)12(14)13(2,3)4;/h5-8,12H,14H2,1-4H3;1H/t12-;/m0./s1. The largest absolute Gasteiger partial charge is 0.427 e. The van der Waals surface area contributed by atoms with Gasteiger partial charge in [-0.15, -0.1) is 12.4 Å². The van der Waals surface area contributed by atoms with Crippen molar-refractivity contribution in [1.29, 1.82) is 0 Å². The molecule has 0 aliphatic carbocycles. The van der Waals surface area contributed by atoms with Gasteiger partial charge in [0, 0.05) is 13.0 Å². The first-order chi connectivity index (χ1) is 7.30. The molecular formula is C13H20ClNO2. The molecule has 0 heterocycles. The van der Waals surface area contributed by atoms with E-state index < -0.39 is 0 Å². The maximum absolute atomic E-state index is 10.8. The fraction of sp³-hybridized carbons (Fsp3) is 0.462. The normalized spacial score (nSPS) is 12.5. The van der Waals surface area contributed by atoms with Gasteiger partial charge in [-0.2, -0.15) is 0 Å². The van der Waals surface area contributed by atoms with Crippen LogP contribution in [-0.2, 0) is 4.79 Å². The molecule has 1 aromatic rings. The van der Waals surface area contributed by atoms with Crippen LogP contribution in [0.25, 0.3) is 0 Å². The van der Waals surface area contributed by atoms with E-state index in [2.05, 4.69) is 20.8 Å². The number of halogens is 1. The van der Waals surface area contributed by atoms with E-state index in [0.29, 0.717) is 5.75 Å². The van der Waals surface area contributed by atoms with Crippen molar-refractivity contribution in [2.75, 3.05) is 0 Å². The van der Waals surface area contributed by atoms with Crippen LogP contribution in [0.15, 0.2) is 24.3 Å². The minimum Gasteiger partial charge on any atom is -0.427 e. The summed E-state index contributed by atoms with van der Waals surface area (Å²) in [6, 6.07) is 7.28. The summed E-state index contributed by atoms with van der Waals surface area (Å²) >= 11 is 0. The van der Waals surface area contributed by atoms with Gasteiger partial charge >= 0.3 is 5.97 Å². The fourth-order valence-electron chi connectivity index (χ4n) is 1.44. The highest BCUT2D eigenvalue weighted by molar-refractivity contribution is 5.85. The number of nitrogens with two attached hydrogens (primary N) is 1. The van der Waals surface area contributed by atoms with Crippen molar-refractivity contribution in [1.82, 2.24) is 0 Å². The molecular weight excluding hydrogens is 238 g/mol. The van der Waals surface area contributed by atoms with E-state index in [1.165, 1.54) is 6.92 Å². The van der Waals surface area contributed by atoms with Crippen molar-refractivity contribution in [2.24, 2.45) is 11.1 Å². The molecule has 0 spiro atoms. The molecule has 0 fully saturated rings. The summed E-state index contributed by atoms with van der Waals surface area (Å²) in [5, 5.41) is 0. The first-order valence-corrected chi connectivity index (χ1v) is 5.34. The van der Waals surface area contributed by atoms with Crippen LogP contribution in [0.4, 0.5) is 0 Å². The second-order valence-electron chi connectivity index (χ2n) is 5.01. The van der Waals surface area contributed by atoms with Crippen molar-refractivity contribution in [3.05, 3.63) is 29.8 Å². The van der Waals surface area contributed by atoms with Crippen LogP contribution in [0.1, 0.15) is 39.3 Å². The molecule has 4 heteroatoms. The lowest BCUT2D eigenvalue weighted by Crippen LogP contribution is -2.26. The molecule has 0 radical (unpaired) electrons. The van der Waals surface area contributed by atoms with E-state index in [1.807, 2.05) is 18.2 Å². The average Bonchev–Trinajstić information content (AvgIpc) is 2.14. The summed E-state index contributed by atoms with van der Waals surface area (Å²) in [5.74, 6) is 0.228. The van der Waals surface area contributed by atoms with Crippen molar-refractivity contribution < 1.29 is 9.53 Å². The number of carbonyl (C=O) groups is 1. The number of rotatable bonds is 2. The Morgan fingerprint density at radius 2 is 1.94 bits per heavy atom.